The van der Waals surface area contributed by atoms with Gasteiger partial charge in [-0.15, -0.1) is 0 Å². The van der Waals surface area contributed by atoms with Crippen molar-refractivity contribution in [3.8, 4) is 0 Å². The van der Waals surface area contributed by atoms with Crippen LogP contribution in [-0.4, -0.2) is 18.0 Å². The second-order valence-electron chi connectivity index (χ2n) is 3.86. The van der Waals surface area contributed by atoms with Crippen molar-refractivity contribution in [2.24, 2.45) is 11.7 Å². The van der Waals surface area contributed by atoms with Crippen molar-refractivity contribution in [3.63, 3.8) is 0 Å². The molecule has 0 aromatic heterocycles. The van der Waals surface area contributed by atoms with Crippen molar-refractivity contribution in [1.29, 1.82) is 0 Å². The van der Waals surface area contributed by atoms with Crippen LogP contribution in [0.3, 0.4) is 0 Å². The average Bonchev–Trinajstić information content (AvgIpc) is 2.33. The molecular weight excluding hydrogens is 152 g/mol. The Morgan fingerprint density at radius 1 is 1.50 bits per heavy atom. The largest absolute Gasteiger partial charge is 0.354 e. The lowest BCUT2D eigenvalue weighted by atomic mass is 10.0. The lowest BCUT2D eigenvalue weighted by Crippen LogP contribution is -2.41. The summed E-state index contributed by atoms with van der Waals surface area (Å²) in [6.45, 7) is 3.94. The van der Waals surface area contributed by atoms with E-state index in [1.165, 1.54) is 0 Å². The van der Waals surface area contributed by atoms with Gasteiger partial charge < -0.3 is 11.1 Å². The summed E-state index contributed by atoms with van der Waals surface area (Å²) < 4.78 is 0. The Bertz CT molecular complexity index is 168. The molecule has 1 amide bonds. The molecular formula is C9H18N2O. The molecule has 0 aromatic rings. The van der Waals surface area contributed by atoms with Gasteiger partial charge in [0.1, 0.15) is 0 Å². The fourth-order valence-electron chi connectivity index (χ4n) is 1.71. The molecule has 12 heavy (non-hydrogen) atoms. The normalized spacial score (nSPS) is 29.3. The SMILES string of the molecule is CC(C)NC(=O)[C@@H]1CCC[C@@H]1N. The number of nitrogens with one attached hydrogen (secondary N) is 1. The van der Waals surface area contributed by atoms with Gasteiger partial charge in [-0.05, 0) is 26.7 Å². The van der Waals surface area contributed by atoms with E-state index >= 15 is 0 Å². The molecule has 70 valence electrons. The van der Waals surface area contributed by atoms with Crippen molar-refractivity contribution in [2.75, 3.05) is 0 Å². The minimum Gasteiger partial charge on any atom is -0.354 e. The molecule has 0 heterocycles. The van der Waals surface area contributed by atoms with Crippen LogP contribution in [0.15, 0.2) is 0 Å². The van der Waals surface area contributed by atoms with Gasteiger partial charge in [-0.3, -0.25) is 4.79 Å². The van der Waals surface area contributed by atoms with E-state index in [4.69, 9.17) is 5.73 Å². The van der Waals surface area contributed by atoms with Gasteiger partial charge in [0.15, 0.2) is 0 Å². The highest BCUT2D eigenvalue weighted by Gasteiger charge is 2.30. The summed E-state index contributed by atoms with van der Waals surface area (Å²) in [5.41, 5.74) is 5.79. The van der Waals surface area contributed by atoms with Crippen LogP contribution in [0.25, 0.3) is 0 Å². The van der Waals surface area contributed by atoms with Crippen LogP contribution in [0, 0.1) is 5.92 Å². The number of hydrogen-bond donors (Lipinski definition) is 2. The topological polar surface area (TPSA) is 55.1 Å². The zero-order valence-corrected chi connectivity index (χ0v) is 7.84. The van der Waals surface area contributed by atoms with Crippen LogP contribution in [0.2, 0.25) is 0 Å². The summed E-state index contributed by atoms with van der Waals surface area (Å²) in [5, 5.41) is 2.90. The molecule has 1 saturated carbocycles. The first-order chi connectivity index (χ1) is 5.61. The maximum Gasteiger partial charge on any atom is 0.224 e. The number of amides is 1. The molecule has 1 rings (SSSR count). The smallest absolute Gasteiger partial charge is 0.224 e. The first-order valence-corrected chi connectivity index (χ1v) is 4.67. The fraction of sp³-hybridized carbons (Fsp3) is 0.889. The minimum absolute atomic E-state index is 0.0624. The average molecular weight is 170 g/mol. The molecule has 2 atom stereocenters. The van der Waals surface area contributed by atoms with E-state index in [0.29, 0.717) is 0 Å². The maximum absolute atomic E-state index is 11.5. The predicted octanol–water partition coefficient (Wildman–Crippen LogP) is 0.638. The van der Waals surface area contributed by atoms with Gasteiger partial charge >= 0.3 is 0 Å². The van der Waals surface area contributed by atoms with Crippen LogP contribution < -0.4 is 11.1 Å². The quantitative estimate of drug-likeness (QED) is 0.639. The third-order valence-corrected chi connectivity index (χ3v) is 2.34. The Kier molecular flexibility index (Phi) is 3.09. The minimum atomic E-state index is 0.0624. The molecule has 3 heteroatoms. The number of carbonyl (C=O) groups is 1. The molecule has 3 nitrogen and oxygen atoms in total. The van der Waals surface area contributed by atoms with Crippen molar-refractivity contribution >= 4 is 5.91 Å². The number of carbonyl (C=O) groups excluding carboxylic acids is 1. The van der Waals surface area contributed by atoms with Crippen molar-refractivity contribution in [3.05, 3.63) is 0 Å². The Morgan fingerprint density at radius 2 is 2.17 bits per heavy atom. The van der Waals surface area contributed by atoms with E-state index in [-0.39, 0.29) is 23.9 Å². The number of hydrogen-bond acceptors (Lipinski definition) is 2. The van der Waals surface area contributed by atoms with Crippen LogP contribution in [0.4, 0.5) is 0 Å². The third-order valence-electron chi connectivity index (χ3n) is 2.34. The van der Waals surface area contributed by atoms with E-state index < -0.39 is 0 Å². The van der Waals surface area contributed by atoms with E-state index in [9.17, 15) is 4.79 Å². The second kappa shape index (κ2) is 3.90. The Balaban J connectivity index is 2.41. The summed E-state index contributed by atoms with van der Waals surface area (Å²) in [5.74, 6) is 0.197. The number of rotatable bonds is 2. The van der Waals surface area contributed by atoms with Crippen molar-refractivity contribution in [1.82, 2.24) is 5.32 Å². The number of nitrogens with two attached hydrogens (primary N) is 1. The van der Waals surface area contributed by atoms with Gasteiger partial charge in [-0.25, -0.2) is 0 Å². The molecule has 0 unspecified atom stereocenters. The fourth-order valence-corrected chi connectivity index (χ4v) is 1.71. The van der Waals surface area contributed by atoms with Crippen LogP contribution in [0.1, 0.15) is 33.1 Å². The lowest BCUT2D eigenvalue weighted by molar-refractivity contribution is -0.125. The molecule has 0 spiro atoms. The highest BCUT2D eigenvalue weighted by atomic mass is 16.2. The summed E-state index contributed by atoms with van der Waals surface area (Å²) in [6.07, 6.45) is 3.05. The monoisotopic (exact) mass is 170 g/mol. The van der Waals surface area contributed by atoms with Gasteiger partial charge in [0.25, 0.3) is 0 Å². The van der Waals surface area contributed by atoms with E-state index in [1.54, 1.807) is 0 Å². The van der Waals surface area contributed by atoms with Gasteiger partial charge in [-0.1, -0.05) is 6.42 Å². The maximum atomic E-state index is 11.5. The molecule has 0 aromatic carbocycles. The molecule has 0 saturated heterocycles. The first-order valence-electron chi connectivity index (χ1n) is 4.67. The Morgan fingerprint density at radius 3 is 2.58 bits per heavy atom. The Labute approximate surface area is 73.7 Å². The Hall–Kier alpha value is -0.570. The zero-order chi connectivity index (χ0) is 9.14. The molecule has 0 bridgehead atoms. The molecule has 1 fully saturated rings. The molecule has 0 radical (unpaired) electrons. The summed E-state index contributed by atoms with van der Waals surface area (Å²) >= 11 is 0. The van der Waals surface area contributed by atoms with Crippen molar-refractivity contribution < 1.29 is 4.79 Å². The standard InChI is InChI=1S/C9H18N2O/c1-6(2)11-9(12)7-4-3-5-8(7)10/h6-8H,3-5,10H2,1-2H3,(H,11,12)/t7-,8+/m1/s1. The predicted molar refractivity (Wildman–Crippen MR) is 48.6 cm³/mol. The summed E-state index contributed by atoms with van der Waals surface area (Å²) in [7, 11) is 0. The molecule has 1 aliphatic rings. The molecule has 1 aliphatic carbocycles. The first kappa shape index (κ1) is 9.52. The van der Waals surface area contributed by atoms with Crippen LogP contribution in [-0.2, 0) is 4.79 Å². The van der Waals surface area contributed by atoms with Crippen LogP contribution >= 0.6 is 0 Å². The van der Waals surface area contributed by atoms with Gasteiger partial charge in [-0.2, -0.15) is 0 Å². The van der Waals surface area contributed by atoms with E-state index in [1.807, 2.05) is 13.8 Å². The summed E-state index contributed by atoms with van der Waals surface area (Å²) in [6, 6.07) is 0.314. The van der Waals surface area contributed by atoms with Crippen molar-refractivity contribution in [2.45, 2.75) is 45.2 Å². The van der Waals surface area contributed by atoms with Gasteiger partial charge in [0, 0.05) is 12.1 Å². The van der Waals surface area contributed by atoms with E-state index in [2.05, 4.69) is 5.32 Å². The third kappa shape index (κ3) is 2.21. The summed E-state index contributed by atoms with van der Waals surface area (Å²) in [4.78, 5) is 11.5. The second-order valence-corrected chi connectivity index (χ2v) is 3.86. The van der Waals surface area contributed by atoms with Gasteiger partial charge in [0.05, 0.1) is 5.92 Å². The lowest BCUT2D eigenvalue weighted by Gasteiger charge is -2.16. The van der Waals surface area contributed by atoms with Gasteiger partial charge in [0.2, 0.25) is 5.91 Å². The highest BCUT2D eigenvalue weighted by molar-refractivity contribution is 5.79. The van der Waals surface area contributed by atoms with E-state index in [0.717, 1.165) is 19.3 Å². The molecule has 3 N–H and O–H groups in total. The highest BCUT2D eigenvalue weighted by Crippen LogP contribution is 2.23. The van der Waals surface area contributed by atoms with Crippen LogP contribution in [0.5, 0.6) is 0 Å². The zero-order valence-electron chi connectivity index (χ0n) is 7.84. The molecule has 0 aliphatic heterocycles.